The fourth-order valence-corrected chi connectivity index (χ4v) is 4.82. The van der Waals surface area contributed by atoms with E-state index in [0.717, 1.165) is 32.0 Å². The van der Waals surface area contributed by atoms with Gasteiger partial charge >= 0.3 is 12.1 Å². The predicted molar refractivity (Wildman–Crippen MR) is 132 cm³/mol. The van der Waals surface area contributed by atoms with Gasteiger partial charge in [0.25, 0.3) is 0 Å². The van der Waals surface area contributed by atoms with Gasteiger partial charge in [-0.15, -0.1) is 11.3 Å². The van der Waals surface area contributed by atoms with Crippen molar-refractivity contribution in [3.8, 4) is 11.1 Å². The molecular weight excluding hydrogens is 466 g/mol. The largest absolute Gasteiger partial charge is 0.480 e. The number of amides is 2. The van der Waals surface area contributed by atoms with Gasteiger partial charge in [-0.1, -0.05) is 48.5 Å². The highest BCUT2D eigenvalue weighted by molar-refractivity contribution is 7.09. The van der Waals surface area contributed by atoms with Crippen molar-refractivity contribution in [2.75, 3.05) is 13.7 Å². The summed E-state index contributed by atoms with van der Waals surface area (Å²) in [5.41, 5.74) is 4.59. The van der Waals surface area contributed by atoms with Crippen molar-refractivity contribution in [2.24, 2.45) is 0 Å². The Hall–Kier alpha value is -3.72. The summed E-state index contributed by atoms with van der Waals surface area (Å²) in [7, 11) is 1.41. The predicted octanol–water partition coefficient (Wildman–Crippen LogP) is 3.91. The average molecular weight is 494 g/mol. The number of hydrogen-bond donors (Lipinski definition) is 2. The fraction of sp³-hybridized carbons (Fsp3) is 0.308. The number of carbonyl (C=O) groups is 3. The Balaban J connectivity index is 1.49. The lowest BCUT2D eigenvalue weighted by atomic mass is 9.98. The Morgan fingerprint density at radius 1 is 1.11 bits per heavy atom. The van der Waals surface area contributed by atoms with Crippen molar-refractivity contribution in [2.45, 2.75) is 37.8 Å². The molecule has 1 aliphatic carbocycles. The van der Waals surface area contributed by atoms with Gasteiger partial charge in [0.1, 0.15) is 18.2 Å². The first-order chi connectivity index (χ1) is 16.7. The van der Waals surface area contributed by atoms with E-state index in [0.29, 0.717) is 0 Å². The minimum atomic E-state index is -1.45. The zero-order valence-corrected chi connectivity index (χ0v) is 20.5. The Morgan fingerprint density at radius 2 is 1.71 bits per heavy atom. The molecule has 8 nitrogen and oxygen atoms in total. The molecule has 1 aliphatic rings. The molecule has 0 spiro atoms. The van der Waals surface area contributed by atoms with Crippen LogP contribution in [-0.4, -0.2) is 58.2 Å². The Labute approximate surface area is 207 Å². The average Bonchev–Trinajstić information content (AvgIpc) is 3.47. The van der Waals surface area contributed by atoms with Gasteiger partial charge in [0, 0.05) is 30.5 Å². The molecule has 1 atom stereocenters. The standard InChI is InChI=1S/C26H27N3O5S/c1-26(2,24(31)32)29(3)23(30)22(12-16-13-27-15-35-16)28-25(33)34-14-21-19-10-6-4-8-17(19)18-9-5-7-11-20(18)21/h4-11,13,15,21-22H,12,14H2,1-3H3,(H,28,33)(H,31,32). The van der Waals surface area contributed by atoms with E-state index in [1.165, 1.54) is 32.2 Å². The third kappa shape index (κ3) is 4.90. The fourth-order valence-electron chi connectivity index (χ4n) is 4.18. The van der Waals surface area contributed by atoms with Crippen molar-refractivity contribution in [1.82, 2.24) is 15.2 Å². The molecule has 9 heteroatoms. The van der Waals surface area contributed by atoms with Crippen LogP contribution in [-0.2, 0) is 20.7 Å². The summed E-state index contributed by atoms with van der Waals surface area (Å²) in [6, 6.07) is 15.0. The molecule has 2 aromatic carbocycles. The Bertz CT molecular complexity index is 1200. The monoisotopic (exact) mass is 493 g/mol. The van der Waals surface area contributed by atoms with Gasteiger partial charge < -0.3 is 20.1 Å². The maximum absolute atomic E-state index is 13.2. The van der Waals surface area contributed by atoms with Crippen LogP contribution in [0.2, 0.25) is 0 Å². The second-order valence-electron chi connectivity index (χ2n) is 8.96. The van der Waals surface area contributed by atoms with Gasteiger partial charge in [-0.3, -0.25) is 9.78 Å². The quantitative estimate of drug-likeness (QED) is 0.492. The zero-order valence-electron chi connectivity index (χ0n) is 19.7. The number of nitrogens with zero attached hydrogens (tertiary/aromatic N) is 2. The van der Waals surface area contributed by atoms with Gasteiger partial charge in [-0.05, 0) is 36.1 Å². The smallest absolute Gasteiger partial charge is 0.407 e. The number of carboxylic acids is 1. The number of benzene rings is 2. The second-order valence-corrected chi connectivity index (χ2v) is 9.93. The lowest BCUT2D eigenvalue weighted by molar-refractivity contribution is -0.156. The van der Waals surface area contributed by atoms with Crippen LogP contribution >= 0.6 is 11.3 Å². The summed E-state index contributed by atoms with van der Waals surface area (Å²) in [4.78, 5) is 43.7. The van der Waals surface area contributed by atoms with Crippen LogP contribution in [0.15, 0.2) is 60.2 Å². The number of carboxylic acid groups (broad SMARTS) is 1. The molecule has 182 valence electrons. The van der Waals surface area contributed by atoms with E-state index in [4.69, 9.17) is 4.74 Å². The lowest BCUT2D eigenvalue weighted by Crippen LogP contribution is -2.57. The SMILES string of the molecule is CN(C(=O)C(Cc1cncs1)NC(=O)OCC1c2ccccc2-c2ccccc21)C(C)(C)C(=O)O. The number of carbonyl (C=O) groups excluding carboxylic acids is 2. The van der Waals surface area contributed by atoms with E-state index >= 15 is 0 Å². The van der Waals surface area contributed by atoms with Gasteiger partial charge in [-0.2, -0.15) is 0 Å². The van der Waals surface area contributed by atoms with Gasteiger partial charge in [-0.25, -0.2) is 9.59 Å². The molecule has 1 heterocycles. The van der Waals surface area contributed by atoms with Crippen molar-refractivity contribution < 1.29 is 24.2 Å². The summed E-state index contributed by atoms with van der Waals surface area (Å²) in [6.07, 6.45) is 1.05. The van der Waals surface area contributed by atoms with Gasteiger partial charge in [0.15, 0.2) is 0 Å². The molecule has 2 N–H and O–H groups in total. The van der Waals surface area contributed by atoms with E-state index in [2.05, 4.69) is 22.4 Å². The second kappa shape index (κ2) is 9.87. The molecular formula is C26H27N3O5S. The Morgan fingerprint density at radius 3 is 2.26 bits per heavy atom. The molecule has 0 aliphatic heterocycles. The van der Waals surface area contributed by atoms with Crippen molar-refractivity contribution in [3.63, 3.8) is 0 Å². The van der Waals surface area contributed by atoms with Crippen LogP contribution in [0.3, 0.4) is 0 Å². The van der Waals surface area contributed by atoms with E-state index in [1.54, 1.807) is 11.7 Å². The number of hydrogen-bond acceptors (Lipinski definition) is 6. The highest BCUT2D eigenvalue weighted by Crippen LogP contribution is 2.44. The normalized spacial score (nSPS) is 13.5. The molecule has 4 rings (SSSR count). The summed E-state index contributed by atoms with van der Waals surface area (Å²) >= 11 is 1.35. The number of nitrogens with one attached hydrogen (secondary N) is 1. The van der Waals surface area contributed by atoms with E-state index in [9.17, 15) is 19.5 Å². The van der Waals surface area contributed by atoms with Gasteiger partial charge in [0.2, 0.25) is 5.91 Å². The van der Waals surface area contributed by atoms with Crippen LogP contribution in [0.25, 0.3) is 11.1 Å². The van der Waals surface area contributed by atoms with Gasteiger partial charge in [0.05, 0.1) is 5.51 Å². The van der Waals surface area contributed by atoms with Crippen LogP contribution in [0, 0.1) is 0 Å². The molecule has 1 aromatic heterocycles. The highest BCUT2D eigenvalue weighted by Gasteiger charge is 2.39. The molecule has 1 unspecified atom stereocenters. The minimum Gasteiger partial charge on any atom is -0.480 e. The van der Waals surface area contributed by atoms with Crippen molar-refractivity contribution in [3.05, 3.63) is 76.2 Å². The molecule has 0 bridgehead atoms. The van der Waals surface area contributed by atoms with Crippen LogP contribution in [0.1, 0.15) is 35.8 Å². The first kappa shape index (κ1) is 24.4. The first-order valence-electron chi connectivity index (χ1n) is 11.2. The number of aromatic nitrogens is 1. The molecule has 0 radical (unpaired) electrons. The number of rotatable bonds is 8. The van der Waals surface area contributed by atoms with Crippen LogP contribution < -0.4 is 5.32 Å². The van der Waals surface area contributed by atoms with E-state index < -0.39 is 29.6 Å². The highest BCUT2D eigenvalue weighted by atomic mass is 32.1. The molecule has 0 saturated heterocycles. The third-order valence-corrected chi connectivity index (χ3v) is 7.32. The summed E-state index contributed by atoms with van der Waals surface area (Å²) in [5, 5.41) is 12.2. The topological polar surface area (TPSA) is 109 Å². The molecule has 0 fully saturated rings. The maximum Gasteiger partial charge on any atom is 0.407 e. The summed E-state index contributed by atoms with van der Waals surface area (Å²) < 4.78 is 5.60. The van der Waals surface area contributed by atoms with Crippen molar-refractivity contribution in [1.29, 1.82) is 0 Å². The van der Waals surface area contributed by atoms with E-state index in [-0.39, 0.29) is 18.9 Å². The molecule has 35 heavy (non-hydrogen) atoms. The van der Waals surface area contributed by atoms with E-state index in [1.807, 2.05) is 36.4 Å². The number of fused-ring (bicyclic) bond motifs is 3. The summed E-state index contributed by atoms with van der Waals surface area (Å²) in [6.45, 7) is 2.98. The van der Waals surface area contributed by atoms with Crippen LogP contribution in [0.5, 0.6) is 0 Å². The zero-order chi connectivity index (χ0) is 25.2. The van der Waals surface area contributed by atoms with Crippen molar-refractivity contribution >= 4 is 29.3 Å². The first-order valence-corrected chi connectivity index (χ1v) is 12.1. The molecule has 3 aromatic rings. The molecule has 0 saturated carbocycles. The minimum absolute atomic E-state index is 0.109. The Kier molecular flexibility index (Phi) is 6.88. The van der Waals surface area contributed by atoms with Crippen LogP contribution in [0.4, 0.5) is 4.79 Å². The third-order valence-electron chi connectivity index (χ3n) is 6.52. The number of alkyl carbamates (subject to hydrolysis) is 1. The number of ether oxygens (including phenoxy) is 1. The number of aliphatic carboxylic acids is 1. The number of likely N-dealkylation sites (N-methyl/N-ethyl adjacent to an activating group) is 1. The molecule has 2 amide bonds. The summed E-state index contributed by atoms with van der Waals surface area (Å²) in [5.74, 6) is -1.79. The lowest BCUT2D eigenvalue weighted by Gasteiger charge is -2.34. The number of thiazole rings is 1. The maximum atomic E-state index is 13.2.